The molecule has 1 atom stereocenters. The fourth-order valence-corrected chi connectivity index (χ4v) is 5.83. The van der Waals surface area contributed by atoms with E-state index in [0.717, 1.165) is 40.7 Å². The smallest absolute Gasteiger partial charge is 0.326 e. The summed E-state index contributed by atoms with van der Waals surface area (Å²) in [6.07, 6.45) is 1.20. The Hall–Kier alpha value is -4.33. The first kappa shape index (κ1) is 24.0. The number of aromatic nitrogens is 2. The number of anilines is 1. The van der Waals surface area contributed by atoms with Crippen LogP contribution in [0.25, 0.3) is 11.0 Å². The van der Waals surface area contributed by atoms with Gasteiger partial charge in [-0.1, -0.05) is 30.3 Å². The quantitative estimate of drug-likeness (QED) is 0.405. The number of nitrogens with zero attached hydrogens (tertiary/aromatic N) is 3. The summed E-state index contributed by atoms with van der Waals surface area (Å²) in [6.45, 7) is 5.22. The molecule has 8 nitrogen and oxygen atoms in total. The van der Waals surface area contributed by atoms with E-state index in [-0.39, 0.29) is 35.8 Å². The van der Waals surface area contributed by atoms with Crippen molar-refractivity contribution in [3.05, 3.63) is 100.0 Å². The van der Waals surface area contributed by atoms with Crippen LogP contribution in [0.15, 0.2) is 77.6 Å². The van der Waals surface area contributed by atoms with Crippen LogP contribution < -0.4 is 11.0 Å². The van der Waals surface area contributed by atoms with Gasteiger partial charge in [0.2, 0.25) is 0 Å². The molecule has 6 rings (SSSR count). The minimum Gasteiger partial charge on any atom is -0.361 e. The van der Waals surface area contributed by atoms with Crippen LogP contribution in [-0.4, -0.2) is 50.3 Å². The standard InChI is InChI=1S/C30H31N5O3/c1-19(2)34-27(23-7-3-4-8-24(23)29(34)37)31-21-13-11-20(12-14-21)28(36)33-17-15-22(16-18-33)35-26-10-6-5-9-25(26)32-30(35)38/h3-14,19,22,27,31H,15-18H2,1-2H3,(H,32,38). The molecule has 0 bridgehead atoms. The number of benzene rings is 3. The van der Waals surface area contributed by atoms with E-state index in [9.17, 15) is 14.4 Å². The molecule has 0 radical (unpaired) electrons. The molecule has 2 aliphatic rings. The Bertz CT molecular complexity index is 1560. The van der Waals surface area contributed by atoms with E-state index in [1.165, 1.54) is 0 Å². The van der Waals surface area contributed by atoms with Crippen LogP contribution in [0.5, 0.6) is 0 Å². The number of hydrogen-bond donors (Lipinski definition) is 2. The maximum absolute atomic E-state index is 13.3. The number of nitrogens with one attached hydrogen (secondary N) is 2. The number of amides is 2. The average Bonchev–Trinajstić information content (AvgIpc) is 3.42. The van der Waals surface area contributed by atoms with Crippen molar-refractivity contribution in [2.24, 2.45) is 0 Å². The third kappa shape index (κ3) is 4.06. The van der Waals surface area contributed by atoms with Gasteiger partial charge in [-0.05, 0) is 69.2 Å². The molecule has 1 unspecified atom stereocenters. The Morgan fingerprint density at radius 3 is 2.34 bits per heavy atom. The van der Waals surface area contributed by atoms with Crippen LogP contribution in [0.1, 0.15) is 65.2 Å². The molecule has 0 aliphatic carbocycles. The van der Waals surface area contributed by atoms with Gasteiger partial charge in [0.1, 0.15) is 6.17 Å². The first-order valence-corrected chi connectivity index (χ1v) is 13.2. The number of aromatic amines is 1. The van der Waals surface area contributed by atoms with Crippen molar-refractivity contribution in [3.63, 3.8) is 0 Å². The van der Waals surface area contributed by atoms with Crippen molar-refractivity contribution >= 4 is 28.5 Å². The number of imidazole rings is 1. The second kappa shape index (κ2) is 9.52. The third-order valence-electron chi connectivity index (χ3n) is 7.73. The zero-order valence-corrected chi connectivity index (χ0v) is 21.6. The molecule has 194 valence electrons. The van der Waals surface area contributed by atoms with Crippen molar-refractivity contribution in [2.75, 3.05) is 18.4 Å². The van der Waals surface area contributed by atoms with Gasteiger partial charge in [0.25, 0.3) is 11.8 Å². The van der Waals surface area contributed by atoms with Gasteiger partial charge in [0.05, 0.1) is 11.0 Å². The number of H-pyrrole nitrogens is 1. The Kier molecular flexibility index (Phi) is 6.02. The lowest BCUT2D eigenvalue weighted by molar-refractivity contribution is 0.0681. The van der Waals surface area contributed by atoms with Gasteiger partial charge in [-0.3, -0.25) is 14.2 Å². The van der Waals surface area contributed by atoms with Gasteiger partial charge in [-0.25, -0.2) is 4.79 Å². The summed E-state index contributed by atoms with van der Waals surface area (Å²) in [5.41, 5.74) is 4.81. The number of carbonyl (C=O) groups excluding carboxylic acids is 2. The predicted molar refractivity (Wildman–Crippen MR) is 147 cm³/mol. The summed E-state index contributed by atoms with van der Waals surface area (Å²) < 4.78 is 1.84. The molecular formula is C30H31N5O3. The molecule has 38 heavy (non-hydrogen) atoms. The Labute approximate surface area is 220 Å². The molecule has 4 aromatic rings. The number of rotatable bonds is 5. The first-order valence-electron chi connectivity index (χ1n) is 13.2. The average molecular weight is 510 g/mol. The van der Waals surface area contributed by atoms with Crippen LogP contribution >= 0.6 is 0 Å². The van der Waals surface area contributed by atoms with Crippen LogP contribution in [-0.2, 0) is 0 Å². The summed E-state index contributed by atoms with van der Waals surface area (Å²) >= 11 is 0. The van der Waals surface area contributed by atoms with Gasteiger partial charge in [-0.2, -0.15) is 0 Å². The van der Waals surface area contributed by atoms with Gasteiger partial charge < -0.3 is 20.1 Å². The van der Waals surface area contributed by atoms with E-state index < -0.39 is 0 Å². The van der Waals surface area contributed by atoms with Crippen LogP contribution in [0, 0.1) is 0 Å². The second-order valence-corrected chi connectivity index (χ2v) is 10.4. The minimum absolute atomic E-state index is 0.00790. The lowest BCUT2D eigenvalue weighted by atomic mass is 10.0. The maximum atomic E-state index is 13.3. The maximum Gasteiger partial charge on any atom is 0.326 e. The minimum atomic E-state index is -0.257. The van der Waals surface area contributed by atoms with Crippen LogP contribution in [0.2, 0.25) is 0 Å². The highest BCUT2D eigenvalue weighted by Gasteiger charge is 2.38. The van der Waals surface area contributed by atoms with Crippen molar-refractivity contribution in [1.29, 1.82) is 0 Å². The number of fused-ring (bicyclic) bond motifs is 2. The highest BCUT2D eigenvalue weighted by atomic mass is 16.2. The zero-order chi connectivity index (χ0) is 26.4. The lowest BCUT2D eigenvalue weighted by Crippen LogP contribution is -2.40. The van der Waals surface area contributed by atoms with Gasteiger partial charge in [-0.15, -0.1) is 0 Å². The first-order chi connectivity index (χ1) is 18.4. The molecule has 3 heterocycles. The molecule has 2 aliphatic heterocycles. The number of likely N-dealkylation sites (tertiary alicyclic amines) is 1. The normalized spacial score (nSPS) is 17.9. The topological polar surface area (TPSA) is 90.4 Å². The van der Waals surface area contributed by atoms with Crippen molar-refractivity contribution in [2.45, 2.75) is 44.9 Å². The summed E-state index contributed by atoms with van der Waals surface area (Å²) in [5.74, 6) is 0.0182. The van der Waals surface area contributed by atoms with E-state index in [4.69, 9.17) is 0 Å². The summed E-state index contributed by atoms with van der Waals surface area (Å²) in [6, 6.07) is 23.0. The SMILES string of the molecule is CC(C)N1C(=O)c2ccccc2C1Nc1ccc(C(=O)N2CCC(n3c(=O)[nH]c4ccccc43)CC2)cc1. The number of para-hydroxylation sites is 2. The zero-order valence-electron chi connectivity index (χ0n) is 21.6. The fourth-order valence-electron chi connectivity index (χ4n) is 5.83. The molecule has 1 aromatic heterocycles. The molecule has 8 heteroatoms. The molecular weight excluding hydrogens is 478 g/mol. The molecule has 0 saturated carbocycles. The molecule has 1 fully saturated rings. The fraction of sp³-hybridized carbons (Fsp3) is 0.300. The van der Waals surface area contributed by atoms with Gasteiger partial charge >= 0.3 is 5.69 Å². The summed E-state index contributed by atoms with van der Waals surface area (Å²) in [4.78, 5) is 45.4. The van der Waals surface area contributed by atoms with E-state index in [2.05, 4.69) is 10.3 Å². The molecule has 0 spiro atoms. The van der Waals surface area contributed by atoms with Gasteiger partial charge in [0.15, 0.2) is 0 Å². The summed E-state index contributed by atoms with van der Waals surface area (Å²) in [5, 5.41) is 3.49. The highest BCUT2D eigenvalue weighted by molar-refractivity contribution is 6.00. The van der Waals surface area contributed by atoms with E-state index in [0.29, 0.717) is 18.7 Å². The highest BCUT2D eigenvalue weighted by Crippen LogP contribution is 2.36. The summed E-state index contributed by atoms with van der Waals surface area (Å²) in [7, 11) is 0. The lowest BCUT2D eigenvalue weighted by Gasteiger charge is -2.33. The Balaban J connectivity index is 1.13. The number of carbonyl (C=O) groups is 2. The van der Waals surface area contributed by atoms with Gasteiger partial charge in [0, 0.05) is 47.6 Å². The van der Waals surface area contributed by atoms with E-state index in [1.54, 1.807) is 0 Å². The third-order valence-corrected chi connectivity index (χ3v) is 7.73. The Morgan fingerprint density at radius 2 is 1.61 bits per heavy atom. The molecule has 2 N–H and O–H groups in total. The monoisotopic (exact) mass is 509 g/mol. The number of hydrogen-bond acceptors (Lipinski definition) is 4. The van der Waals surface area contributed by atoms with Crippen LogP contribution in [0.4, 0.5) is 5.69 Å². The van der Waals surface area contributed by atoms with Crippen LogP contribution in [0.3, 0.4) is 0 Å². The predicted octanol–water partition coefficient (Wildman–Crippen LogP) is 4.78. The van der Waals surface area contributed by atoms with Crippen molar-refractivity contribution < 1.29 is 9.59 Å². The molecule has 1 saturated heterocycles. The van der Waals surface area contributed by atoms with E-state index in [1.807, 2.05) is 101 Å². The Morgan fingerprint density at radius 1 is 0.921 bits per heavy atom. The largest absolute Gasteiger partial charge is 0.361 e. The van der Waals surface area contributed by atoms with E-state index >= 15 is 0 Å². The number of piperidine rings is 1. The van der Waals surface area contributed by atoms with Crippen molar-refractivity contribution in [1.82, 2.24) is 19.4 Å². The van der Waals surface area contributed by atoms with Crippen molar-refractivity contribution in [3.8, 4) is 0 Å². The molecule has 3 aromatic carbocycles. The second-order valence-electron chi connectivity index (χ2n) is 10.4. The molecule has 2 amide bonds.